The smallest absolute Gasteiger partial charge is 0.0234 e. The molecule has 1 heterocycles. The number of aryl methyl sites for hydroxylation is 2. The standard InChI is InChI=1S/C14H22N2/c1-11-5-12(2)7-14(6-11)10-16-4-3-13(8-15)9-16/h5-7,13H,3-4,8-10,15H2,1-2H3. The first-order chi connectivity index (χ1) is 7.67. The summed E-state index contributed by atoms with van der Waals surface area (Å²) in [6.45, 7) is 8.63. The molecule has 2 rings (SSSR count). The summed E-state index contributed by atoms with van der Waals surface area (Å²) in [5.41, 5.74) is 9.88. The Morgan fingerprint density at radius 1 is 1.25 bits per heavy atom. The summed E-state index contributed by atoms with van der Waals surface area (Å²) >= 11 is 0. The Labute approximate surface area is 98.4 Å². The van der Waals surface area contributed by atoms with Crippen LogP contribution in [0.1, 0.15) is 23.1 Å². The van der Waals surface area contributed by atoms with E-state index in [-0.39, 0.29) is 0 Å². The van der Waals surface area contributed by atoms with Crippen molar-refractivity contribution >= 4 is 0 Å². The van der Waals surface area contributed by atoms with Gasteiger partial charge in [-0.15, -0.1) is 0 Å². The van der Waals surface area contributed by atoms with Gasteiger partial charge in [0, 0.05) is 13.1 Å². The van der Waals surface area contributed by atoms with Gasteiger partial charge in [0.05, 0.1) is 0 Å². The molecule has 1 unspecified atom stereocenters. The van der Waals surface area contributed by atoms with Crippen LogP contribution in [0, 0.1) is 19.8 Å². The maximum absolute atomic E-state index is 5.71. The Morgan fingerprint density at radius 2 is 1.94 bits per heavy atom. The molecular weight excluding hydrogens is 196 g/mol. The van der Waals surface area contributed by atoms with Gasteiger partial charge in [0.2, 0.25) is 0 Å². The third-order valence-electron chi connectivity index (χ3n) is 3.39. The third kappa shape index (κ3) is 2.83. The van der Waals surface area contributed by atoms with Gasteiger partial charge in [-0.05, 0) is 44.8 Å². The van der Waals surface area contributed by atoms with Crippen LogP contribution in [0.25, 0.3) is 0 Å². The molecule has 16 heavy (non-hydrogen) atoms. The minimum atomic E-state index is 0.714. The van der Waals surface area contributed by atoms with E-state index in [0.717, 1.165) is 13.1 Å². The fourth-order valence-corrected chi connectivity index (χ4v) is 2.67. The fourth-order valence-electron chi connectivity index (χ4n) is 2.67. The monoisotopic (exact) mass is 218 g/mol. The van der Waals surface area contributed by atoms with Gasteiger partial charge < -0.3 is 5.73 Å². The van der Waals surface area contributed by atoms with Crippen molar-refractivity contribution in [2.24, 2.45) is 11.7 Å². The van der Waals surface area contributed by atoms with Crippen molar-refractivity contribution in [3.8, 4) is 0 Å². The van der Waals surface area contributed by atoms with E-state index in [1.54, 1.807) is 0 Å². The van der Waals surface area contributed by atoms with Gasteiger partial charge >= 0.3 is 0 Å². The fraction of sp³-hybridized carbons (Fsp3) is 0.571. The van der Waals surface area contributed by atoms with Gasteiger partial charge in [-0.3, -0.25) is 4.90 Å². The van der Waals surface area contributed by atoms with E-state index in [4.69, 9.17) is 5.73 Å². The van der Waals surface area contributed by atoms with Crippen molar-refractivity contribution in [3.63, 3.8) is 0 Å². The number of likely N-dealkylation sites (tertiary alicyclic amines) is 1. The van der Waals surface area contributed by atoms with Crippen LogP contribution < -0.4 is 5.73 Å². The molecule has 0 aliphatic carbocycles. The Kier molecular flexibility index (Phi) is 3.62. The van der Waals surface area contributed by atoms with E-state index in [9.17, 15) is 0 Å². The highest BCUT2D eigenvalue weighted by atomic mass is 15.1. The molecular formula is C14H22N2. The average molecular weight is 218 g/mol. The highest BCUT2D eigenvalue weighted by Gasteiger charge is 2.20. The van der Waals surface area contributed by atoms with Crippen LogP contribution >= 0.6 is 0 Å². The van der Waals surface area contributed by atoms with Crippen LogP contribution in [0.2, 0.25) is 0 Å². The van der Waals surface area contributed by atoms with Gasteiger partial charge in [-0.1, -0.05) is 29.3 Å². The molecule has 0 aromatic heterocycles. The van der Waals surface area contributed by atoms with Crippen molar-refractivity contribution < 1.29 is 0 Å². The zero-order valence-corrected chi connectivity index (χ0v) is 10.4. The second-order valence-corrected chi connectivity index (χ2v) is 5.12. The molecule has 0 radical (unpaired) electrons. The second-order valence-electron chi connectivity index (χ2n) is 5.12. The van der Waals surface area contributed by atoms with Gasteiger partial charge in [0.15, 0.2) is 0 Å². The summed E-state index contributed by atoms with van der Waals surface area (Å²) < 4.78 is 0. The zero-order valence-electron chi connectivity index (χ0n) is 10.4. The van der Waals surface area contributed by atoms with Crippen molar-refractivity contribution in [1.82, 2.24) is 4.90 Å². The van der Waals surface area contributed by atoms with Gasteiger partial charge in [-0.2, -0.15) is 0 Å². The van der Waals surface area contributed by atoms with Crippen LogP contribution in [-0.2, 0) is 6.54 Å². The Hall–Kier alpha value is -0.860. The van der Waals surface area contributed by atoms with Gasteiger partial charge in [-0.25, -0.2) is 0 Å². The zero-order chi connectivity index (χ0) is 11.5. The Balaban J connectivity index is 1.99. The SMILES string of the molecule is Cc1cc(C)cc(CN2CCC(CN)C2)c1. The quantitative estimate of drug-likeness (QED) is 0.841. The van der Waals surface area contributed by atoms with Gasteiger partial charge in [0.25, 0.3) is 0 Å². The Bertz CT molecular complexity index is 340. The summed E-state index contributed by atoms with van der Waals surface area (Å²) in [7, 11) is 0. The second kappa shape index (κ2) is 4.98. The summed E-state index contributed by atoms with van der Waals surface area (Å²) in [6.07, 6.45) is 1.27. The molecule has 1 fully saturated rings. The predicted octanol–water partition coefficient (Wildman–Crippen LogP) is 2.08. The summed E-state index contributed by atoms with van der Waals surface area (Å²) in [6, 6.07) is 6.82. The minimum absolute atomic E-state index is 0.714. The molecule has 0 saturated carbocycles. The summed E-state index contributed by atoms with van der Waals surface area (Å²) in [4.78, 5) is 2.52. The molecule has 0 spiro atoms. The third-order valence-corrected chi connectivity index (χ3v) is 3.39. The number of nitrogens with zero attached hydrogens (tertiary/aromatic N) is 1. The van der Waals surface area contributed by atoms with Crippen molar-refractivity contribution in [2.45, 2.75) is 26.8 Å². The number of hydrogen-bond donors (Lipinski definition) is 1. The maximum Gasteiger partial charge on any atom is 0.0234 e. The number of hydrogen-bond acceptors (Lipinski definition) is 2. The summed E-state index contributed by atoms with van der Waals surface area (Å²) in [5.74, 6) is 0.714. The molecule has 1 aromatic carbocycles. The molecule has 88 valence electrons. The van der Waals surface area contributed by atoms with Crippen LogP contribution in [0.3, 0.4) is 0 Å². The van der Waals surface area contributed by atoms with E-state index in [1.165, 1.54) is 36.2 Å². The van der Waals surface area contributed by atoms with Gasteiger partial charge in [0.1, 0.15) is 0 Å². The topological polar surface area (TPSA) is 29.3 Å². The van der Waals surface area contributed by atoms with E-state index >= 15 is 0 Å². The number of benzene rings is 1. The first-order valence-corrected chi connectivity index (χ1v) is 6.17. The summed E-state index contributed by atoms with van der Waals surface area (Å²) in [5, 5.41) is 0. The highest BCUT2D eigenvalue weighted by molar-refractivity contribution is 5.28. The van der Waals surface area contributed by atoms with Crippen molar-refractivity contribution in [2.75, 3.05) is 19.6 Å². The molecule has 1 aliphatic rings. The van der Waals surface area contributed by atoms with Crippen LogP contribution in [0.4, 0.5) is 0 Å². The first-order valence-electron chi connectivity index (χ1n) is 6.17. The molecule has 1 aliphatic heterocycles. The predicted molar refractivity (Wildman–Crippen MR) is 68.4 cm³/mol. The maximum atomic E-state index is 5.71. The average Bonchev–Trinajstić information content (AvgIpc) is 2.64. The van der Waals surface area contributed by atoms with Crippen LogP contribution in [0.15, 0.2) is 18.2 Å². The Morgan fingerprint density at radius 3 is 2.50 bits per heavy atom. The van der Waals surface area contributed by atoms with E-state index in [0.29, 0.717) is 5.92 Å². The lowest BCUT2D eigenvalue weighted by Crippen LogP contribution is -2.22. The lowest BCUT2D eigenvalue weighted by Gasteiger charge is -2.16. The van der Waals surface area contributed by atoms with Crippen LogP contribution in [0.5, 0.6) is 0 Å². The molecule has 2 N–H and O–H groups in total. The van der Waals surface area contributed by atoms with Crippen molar-refractivity contribution in [3.05, 3.63) is 34.9 Å². The molecule has 1 aromatic rings. The molecule has 0 amide bonds. The molecule has 2 heteroatoms. The molecule has 1 atom stereocenters. The number of nitrogens with two attached hydrogens (primary N) is 1. The normalized spacial score (nSPS) is 21.6. The molecule has 0 bridgehead atoms. The van der Waals surface area contributed by atoms with Crippen molar-refractivity contribution in [1.29, 1.82) is 0 Å². The number of rotatable bonds is 3. The molecule has 1 saturated heterocycles. The minimum Gasteiger partial charge on any atom is -0.330 e. The van der Waals surface area contributed by atoms with Crippen LogP contribution in [-0.4, -0.2) is 24.5 Å². The lowest BCUT2D eigenvalue weighted by atomic mass is 10.1. The first kappa shape index (κ1) is 11.6. The largest absolute Gasteiger partial charge is 0.330 e. The van der Waals surface area contributed by atoms with E-state index in [2.05, 4.69) is 36.9 Å². The lowest BCUT2D eigenvalue weighted by molar-refractivity contribution is 0.318. The van der Waals surface area contributed by atoms with E-state index in [1.807, 2.05) is 0 Å². The molecule has 2 nitrogen and oxygen atoms in total. The highest BCUT2D eigenvalue weighted by Crippen LogP contribution is 2.18. The van der Waals surface area contributed by atoms with E-state index < -0.39 is 0 Å².